The number of hydrogen-bond donors (Lipinski definition) is 0. The predicted molar refractivity (Wildman–Crippen MR) is 85.3 cm³/mol. The van der Waals surface area contributed by atoms with Crippen molar-refractivity contribution < 1.29 is 0 Å². The highest BCUT2D eigenvalue weighted by Crippen LogP contribution is 2.32. The summed E-state index contributed by atoms with van der Waals surface area (Å²) in [6.07, 6.45) is 12.9. The summed E-state index contributed by atoms with van der Waals surface area (Å²) in [4.78, 5) is 2.65. The molecule has 4 heteroatoms. The van der Waals surface area contributed by atoms with Crippen LogP contribution in [0.15, 0.2) is 6.20 Å². The van der Waals surface area contributed by atoms with E-state index in [2.05, 4.69) is 33.0 Å². The van der Waals surface area contributed by atoms with Gasteiger partial charge in [-0.15, -0.1) is 5.10 Å². The molecule has 21 heavy (non-hydrogen) atoms. The van der Waals surface area contributed by atoms with Gasteiger partial charge in [-0.1, -0.05) is 31.4 Å². The molecule has 0 aromatic carbocycles. The van der Waals surface area contributed by atoms with E-state index in [0.29, 0.717) is 5.92 Å². The number of hydrogen-bond acceptors (Lipinski definition) is 3. The molecule has 118 valence electrons. The third-order valence-electron chi connectivity index (χ3n) is 5.21. The van der Waals surface area contributed by atoms with Gasteiger partial charge in [-0.2, -0.15) is 0 Å². The lowest BCUT2D eigenvalue weighted by molar-refractivity contribution is 0.157. The number of likely N-dealkylation sites (tertiary alicyclic amines) is 1. The third kappa shape index (κ3) is 4.06. The van der Waals surface area contributed by atoms with E-state index in [1.165, 1.54) is 76.7 Å². The summed E-state index contributed by atoms with van der Waals surface area (Å²) in [5.74, 6) is 1.44. The number of unbranched alkanes of at least 4 members (excludes halogenated alkanes) is 1. The van der Waals surface area contributed by atoms with Crippen LogP contribution in [0.3, 0.4) is 0 Å². The second kappa shape index (κ2) is 7.39. The summed E-state index contributed by atoms with van der Waals surface area (Å²) in [6.45, 7) is 7.15. The summed E-state index contributed by atoms with van der Waals surface area (Å²) < 4.78 is 2.11. The highest BCUT2D eigenvalue weighted by atomic mass is 15.4. The molecule has 0 amide bonds. The SMILES string of the molecule is CCCCN1CCCC(Cn2cc(C3CCCC3)nn2)C1. The van der Waals surface area contributed by atoms with E-state index >= 15 is 0 Å². The van der Waals surface area contributed by atoms with Gasteiger partial charge in [0.25, 0.3) is 0 Å². The Morgan fingerprint density at radius 1 is 1.19 bits per heavy atom. The normalized spacial score (nSPS) is 24.7. The summed E-state index contributed by atoms with van der Waals surface area (Å²) in [7, 11) is 0. The smallest absolute Gasteiger partial charge is 0.0857 e. The Labute approximate surface area is 128 Å². The highest BCUT2D eigenvalue weighted by molar-refractivity contribution is 5.03. The summed E-state index contributed by atoms with van der Waals surface area (Å²) in [5.41, 5.74) is 1.24. The largest absolute Gasteiger partial charge is 0.303 e. The molecular formula is C17H30N4. The molecule has 1 unspecified atom stereocenters. The second-order valence-corrected chi connectivity index (χ2v) is 7.01. The van der Waals surface area contributed by atoms with E-state index in [1.54, 1.807) is 0 Å². The fraction of sp³-hybridized carbons (Fsp3) is 0.882. The van der Waals surface area contributed by atoms with Crippen LogP contribution in [0, 0.1) is 5.92 Å². The van der Waals surface area contributed by atoms with Crippen molar-refractivity contribution in [1.82, 2.24) is 19.9 Å². The van der Waals surface area contributed by atoms with Crippen LogP contribution in [0.25, 0.3) is 0 Å². The fourth-order valence-corrected chi connectivity index (χ4v) is 3.96. The van der Waals surface area contributed by atoms with E-state index in [0.717, 1.165) is 12.5 Å². The van der Waals surface area contributed by atoms with Gasteiger partial charge in [0.15, 0.2) is 0 Å². The van der Waals surface area contributed by atoms with Gasteiger partial charge < -0.3 is 4.90 Å². The van der Waals surface area contributed by atoms with Crippen LogP contribution in [0.4, 0.5) is 0 Å². The Morgan fingerprint density at radius 3 is 2.86 bits per heavy atom. The first-order valence-electron chi connectivity index (χ1n) is 8.97. The first-order valence-corrected chi connectivity index (χ1v) is 8.97. The lowest BCUT2D eigenvalue weighted by Crippen LogP contribution is -2.37. The molecule has 1 aliphatic heterocycles. The molecule has 0 N–H and O–H groups in total. The van der Waals surface area contributed by atoms with Gasteiger partial charge in [0.1, 0.15) is 0 Å². The quantitative estimate of drug-likeness (QED) is 0.804. The molecule has 1 atom stereocenters. The van der Waals surface area contributed by atoms with E-state index < -0.39 is 0 Å². The Balaban J connectivity index is 1.51. The molecule has 0 spiro atoms. The van der Waals surface area contributed by atoms with Crippen molar-refractivity contribution in [3.63, 3.8) is 0 Å². The standard InChI is InChI=1S/C17H30N4/c1-2-3-10-20-11-6-7-15(12-20)13-21-14-17(18-19-21)16-8-4-5-9-16/h14-16H,2-13H2,1H3. The van der Waals surface area contributed by atoms with Crippen LogP contribution in [-0.4, -0.2) is 39.5 Å². The van der Waals surface area contributed by atoms with Crippen molar-refractivity contribution >= 4 is 0 Å². The maximum absolute atomic E-state index is 4.43. The average Bonchev–Trinajstić information content (AvgIpc) is 3.16. The first kappa shape index (κ1) is 15.0. The molecule has 1 saturated heterocycles. The maximum atomic E-state index is 4.43. The molecule has 1 aromatic rings. The molecule has 1 aliphatic carbocycles. The van der Waals surface area contributed by atoms with Gasteiger partial charge in [0, 0.05) is 25.2 Å². The number of piperidine rings is 1. The van der Waals surface area contributed by atoms with E-state index in [9.17, 15) is 0 Å². The molecule has 2 aliphatic rings. The molecule has 3 rings (SSSR count). The third-order valence-corrected chi connectivity index (χ3v) is 5.21. The molecule has 0 radical (unpaired) electrons. The zero-order valence-electron chi connectivity index (χ0n) is 13.5. The van der Waals surface area contributed by atoms with Crippen molar-refractivity contribution in [1.29, 1.82) is 0 Å². The lowest BCUT2D eigenvalue weighted by Gasteiger charge is -2.32. The van der Waals surface area contributed by atoms with Crippen LogP contribution in [0.1, 0.15) is 69.9 Å². The fourth-order valence-electron chi connectivity index (χ4n) is 3.96. The first-order chi connectivity index (χ1) is 10.3. The van der Waals surface area contributed by atoms with Gasteiger partial charge in [-0.05, 0) is 51.1 Å². The van der Waals surface area contributed by atoms with Gasteiger partial charge in [-0.3, -0.25) is 4.68 Å². The van der Waals surface area contributed by atoms with Crippen molar-refractivity contribution in [2.24, 2.45) is 5.92 Å². The van der Waals surface area contributed by atoms with E-state index in [-0.39, 0.29) is 0 Å². The van der Waals surface area contributed by atoms with Crippen molar-refractivity contribution in [3.05, 3.63) is 11.9 Å². The zero-order chi connectivity index (χ0) is 14.5. The van der Waals surface area contributed by atoms with Crippen LogP contribution in [0.2, 0.25) is 0 Å². The molecule has 1 saturated carbocycles. The van der Waals surface area contributed by atoms with Crippen LogP contribution < -0.4 is 0 Å². The summed E-state index contributed by atoms with van der Waals surface area (Å²) in [6, 6.07) is 0. The minimum Gasteiger partial charge on any atom is -0.303 e. The Kier molecular flexibility index (Phi) is 5.28. The molecule has 4 nitrogen and oxygen atoms in total. The van der Waals surface area contributed by atoms with Crippen molar-refractivity contribution in [2.75, 3.05) is 19.6 Å². The van der Waals surface area contributed by atoms with Crippen LogP contribution >= 0.6 is 0 Å². The van der Waals surface area contributed by atoms with Gasteiger partial charge in [-0.25, -0.2) is 0 Å². The Bertz CT molecular complexity index is 422. The molecule has 1 aromatic heterocycles. The Hall–Kier alpha value is -0.900. The maximum Gasteiger partial charge on any atom is 0.0857 e. The minimum absolute atomic E-state index is 0.686. The number of aromatic nitrogens is 3. The van der Waals surface area contributed by atoms with Gasteiger partial charge in [0.2, 0.25) is 0 Å². The number of nitrogens with zero attached hydrogens (tertiary/aromatic N) is 4. The minimum atomic E-state index is 0.686. The average molecular weight is 290 g/mol. The summed E-state index contributed by atoms with van der Waals surface area (Å²) >= 11 is 0. The van der Waals surface area contributed by atoms with Gasteiger partial charge >= 0.3 is 0 Å². The highest BCUT2D eigenvalue weighted by Gasteiger charge is 2.22. The van der Waals surface area contributed by atoms with Crippen LogP contribution in [0.5, 0.6) is 0 Å². The molecule has 2 fully saturated rings. The van der Waals surface area contributed by atoms with Crippen molar-refractivity contribution in [2.45, 2.75) is 70.8 Å². The zero-order valence-corrected chi connectivity index (χ0v) is 13.5. The lowest BCUT2D eigenvalue weighted by atomic mass is 9.98. The monoisotopic (exact) mass is 290 g/mol. The predicted octanol–water partition coefficient (Wildman–Crippen LogP) is 3.45. The molecule has 0 bridgehead atoms. The van der Waals surface area contributed by atoms with E-state index in [1.807, 2.05) is 0 Å². The topological polar surface area (TPSA) is 34.0 Å². The van der Waals surface area contributed by atoms with Crippen molar-refractivity contribution in [3.8, 4) is 0 Å². The summed E-state index contributed by atoms with van der Waals surface area (Å²) in [5, 5.41) is 8.82. The second-order valence-electron chi connectivity index (χ2n) is 7.01. The molecular weight excluding hydrogens is 260 g/mol. The van der Waals surface area contributed by atoms with E-state index in [4.69, 9.17) is 0 Å². The van der Waals surface area contributed by atoms with Crippen LogP contribution in [-0.2, 0) is 6.54 Å². The molecule has 2 heterocycles. The number of rotatable bonds is 6. The Morgan fingerprint density at radius 2 is 2.05 bits per heavy atom. The van der Waals surface area contributed by atoms with Gasteiger partial charge in [0.05, 0.1) is 5.69 Å².